The van der Waals surface area contributed by atoms with Crippen molar-refractivity contribution in [2.75, 3.05) is 33.9 Å². The van der Waals surface area contributed by atoms with Crippen LogP contribution < -0.4 is 5.32 Å². The molecule has 0 saturated carbocycles. The Hall–Kier alpha value is -1.72. The van der Waals surface area contributed by atoms with Gasteiger partial charge in [0.15, 0.2) is 0 Å². The molecule has 1 aromatic carbocycles. The van der Waals surface area contributed by atoms with Crippen molar-refractivity contribution in [3.05, 3.63) is 47.8 Å². The number of ether oxygens (including phenoxy) is 1. The molecule has 1 aromatic rings. The standard InChI is InChI=1S/C15H19FN2O2/c1-18(2)9-3-4-14(19)17-15(10-20-11-15)12-5-7-13(16)8-6-12/h3-8H,9-11H2,1-2H3,(H,17,19)/b4-3+. The van der Waals surface area contributed by atoms with Crippen molar-refractivity contribution < 1.29 is 13.9 Å². The van der Waals surface area contributed by atoms with Crippen LogP contribution >= 0.6 is 0 Å². The number of carbonyl (C=O) groups excluding carboxylic acids is 1. The second-order valence-electron chi connectivity index (χ2n) is 5.24. The van der Waals surface area contributed by atoms with Gasteiger partial charge in [0, 0.05) is 12.6 Å². The lowest BCUT2D eigenvalue weighted by Crippen LogP contribution is -2.59. The van der Waals surface area contributed by atoms with Gasteiger partial charge >= 0.3 is 0 Å². The van der Waals surface area contributed by atoms with Gasteiger partial charge in [0.2, 0.25) is 5.91 Å². The van der Waals surface area contributed by atoms with E-state index >= 15 is 0 Å². The highest BCUT2D eigenvalue weighted by Gasteiger charge is 2.41. The fraction of sp³-hybridized carbons (Fsp3) is 0.400. The van der Waals surface area contributed by atoms with Crippen molar-refractivity contribution in [2.45, 2.75) is 5.54 Å². The van der Waals surface area contributed by atoms with Gasteiger partial charge in [0.1, 0.15) is 11.4 Å². The number of nitrogens with zero attached hydrogens (tertiary/aromatic N) is 1. The van der Waals surface area contributed by atoms with E-state index in [1.807, 2.05) is 19.0 Å². The van der Waals surface area contributed by atoms with Crippen molar-refractivity contribution in [3.63, 3.8) is 0 Å². The molecule has 1 N–H and O–H groups in total. The Bertz CT molecular complexity index is 493. The van der Waals surface area contributed by atoms with Crippen molar-refractivity contribution in [2.24, 2.45) is 0 Å². The van der Waals surface area contributed by atoms with Crippen molar-refractivity contribution in [1.82, 2.24) is 10.2 Å². The Balaban J connectivity index is 2.03. The van der Waals surface area contributed by atoms with Gasteiger partial charge < -0.3 is 15.0 Å². The number of likely N-dealkylation sites (N-methyl/N-ethyl adjacent to an activating group) is 1. The molecule has 0 bridgehead atoms. The Labute approximate surface area is 118 Å². The summed E-state index contributed by atoms with van der Waals surface area (Å²) >= 11 is 0. The minimum atomic E-state index is -0.534. The number of hydrogen-bond donors (Lipinski definition) is 1. The van der Waals surface area contributed by atoms with Crippen molar-refractivity contribution >= 4 is 5.91 Å². The zero-order chi connectivity index (χ0) is 14.6. The molecule has 0 aromatic heterocycles. The number of nitrogens with one attached hydrogen (secondary N) is 1. The zero-order valence-electron chi connectivity index (χ0n) is 11.7. The lowest BCUT2D eigenvalue weighted by molar-refractivity contribution is -0.129. The first kappa shape index (κ1) is 14.7. The maximum Gasteiger partial charge on any atom is 0.244 e. The molecule has 0 aliphatic carbocycles. The van der Waals surface area contributed by atoms with Gasteiger partial charge in [-0.3, -0.25) is 4.79 Å². The molecule has 1 aliphatic heterocycles. The predicted molar refractivity (Wildman–Crippen MR) is 74.7 cm³/mol. The fourth-order valence-corrected chi connectivity index (χ4v) is 2.03. The molecule has 5 heteroatoms. The highest BCUT2D eigenvalue weighted by atomic mass is 19.1. The molecule has 108 valence electrons. The van der Waals surface area contributed by atoms with Gasteiger partial charge in [0.25, 0.3) is 0 Å². The molecule has 0 atom stereocenters. The average molecular weight is 278 g/mol. The van der Waals surface area contributed by atoms with Crippen molar-refractivity contribution in [3.8, 4) is 0 Å². The van der Waals surface area contributed by atoms with Gasteiger partial charge in [-0.2, -0.15) is 0 Å². The Kier molecular flexibility index (Phi) is 4.52. The van der Waals surface area contributed by atoms with E-state index in [2.05, 4.69) is 5.32 Å². The average Bonchev–Trinajstić information content (AvgIpc) is 2.34. The molecule has 4 nitrogen and oxygen atoms in total. The molecule has 1 aliphatic rings. The van der Waals surface area contributed by atoms with E-state index in [9.17, 15) is 9.18 Å². The summed E-state index contributed by atoms with van der Waals surface area (Å²) in [6.07, 6.45) is 3.32. The molecule has 1 heterocycles. The van der Waals surface area contributed by atoms with Crippen LogP contribution in [0, 0.1) is 5.82 Å². The van der Waals surface area contributed by atoms with Gasteiger partial charge in [-0.1, -0.05) is 18.2 Å². The molecule has 0 radical (unpaired) electrons. The van der Waals surface area contributed by atoms with Crippen LogP contribution in [0.15, 0.2) is 36.4 Å². The molecule has 1 saturated heterocycles. The number of halogens is 1. The third kappa shape index (κ3) is 3.43. The number of hydrogen-bond acceptors (Lipinski definition) is 3. The molecule has 1 fully saturated rings. The second kappa shape index (κ2) is 6.15. The summed E-state index contributed by atoms with van der Waals surface area (Å²) in [6.45, 7) is 1.52. The summed E-state index contributed by atoms with van der Waals surface area (Å²) in [4.78, 5) is 13.9. The third-order valence-electron chi connectivity index (χ3n) is 3.20. The highest BCUT2D eigenvalue weighted by molar-refractivity contribution is 5.88. The maximum atomic E-state index is 13.0. The first-order valence-corrected chi connectivity index (χ1v) is 6.49. The fourth-order valence-electron chi connectivity index (χ4n) is 2.03. The van der Waals surface area contributed by atoms with Gasteiger partial charge in [-0.15, -0.1) is 0 Å². The van der Waals surface area contributed by atoms with E-state index in [0.717, 1.165) is 5.56 Å². The topological polar surface area (TPSA) is 41.6 Å². The van der Waals surface area contributed by atoms with Crippen LogP contribution in [0.2, 0.25) is 0 Å². The molecular formula is C15H19FN2O2. The highest BCUT2D eigenvalue weighted by Crippen LogP contribution is 2.29. The number of benzene rings is 1. The molecule has 0 spiro atoms. The summed E-state index contributed by atoms with van der Waals surface area (Å²) in [5.74, 6) is -0.458. The van der Waals surface area contributed by atoms with Gasteiger partial charge in [0.05, 0.1) is 13.2 Å². The minimum absolute atomic E-state index is 0.167. The lowest BCUT2D eigenvalue weighted by Gasteiger charge is -2.42. The van der Waals surface area contributed by atoms with Gasteiger partial charge in [-0.25, -0.2) is 4.39 Å². The van der Waals surface area contributed by atoms with E-state index < -0.39 is 5.54 Å². The monoisotopic (exact) mass is 278 g/mol. The quantitative estimate of drug-likeness (QED) is 0.825. The van der Waals surface area contributed by atoms with E-state index in [0.29, 0.717) is 19.8 Å². The summed E-state index contributed by atoms with van der Waals surface area (Å²) in [5, 5.41) is 2.95. The molecule has 2 rings (SSSR count). The van der Waals surface area contributed by atoms with Crippen LogP contribution in [0.1, 0.15) is 5.56 Å². The van der Waals surface area contributed by atoms with Crippen LogP contribution in [-0.2, 0) is 15.1 Å². The Morgan fingerprint density at radius 1 is 1.40 bits per heavy atom. The smallest absolute Gasteiger partial charge is 0.244 e. The third-order valence-corrected chi connectivity index (χ3v) is 3.20. The number of rotatable bonds is 5. The second-order valence-corrected chi connectivity index (χ2v) is 5.24. The largest absolute Gasteiger partial charge is 0.376 e. The van der Waals surface area contributed by atoms with Crippen LogP contribution in [0.25, 0.3) is 0 Å². The summed E-state index contributed by atoms with van der Waals surface area (Å²) in [5.41, 5.74) is 0.326. The minimum Gasteiger partial charge on any atom is -0.376 e. The summed E-state index contributed by atoms with van der Waals surface area (Å²) < 4.78 is 18.2. The van der Waals surface area contributed by atoms with Crippen molar-refractivity contribution in [1.29, 1.82) is 0 Å². The lowest BCUT2D eigenvalue weighted by atomic mass is 9.88. The van der Waals surface area contributed by atoms with Crippen LogP contribution in [-0.4, -0.2) is 44.7 Å². The van der Waals surface area contributed by atoms with E-state index in [-0.39, 0.29) is 11.7 Å². The van der Waals surface area contributed by atoms with E-state index in [4.69, 9.17) is 4.74 Å². The van der Waals surface area contributed by atoms with E-state index in [1.165, 1.54) is 18.2 Å². The SMILES string of the molecule is CN(C)C/C=C/C(=O)NC1(c2ccc(F)cc2)COC1. The van der Waals surface area contributed by atoms with Crippen LogP contribution in [0.5, 0.6) is 0 Å². The number of amides is 1. The number of carbonyl (C=O) groups is 1. The summed E-state index contributed by atoms with van der Waals surface area (Å²) in [6, 6.07) is 6.15. The first-order valence-electron chi connectivity index (χ1n) is 6.49. The molecular weight excluding hydrogens is 259 g/mol. The van der Waals surface area contributed by atoms with Crippen LogP contribution in [0.4, 0.5) is 4.39 Å². The molecule has 1 amide bonds. The predicted octanol–water partition coefficient (Wildman–Crippen LogP) is 1.29. The van der Waals surface area contributed by atoms with E-state index in [1.54, 1.807) is 18.2 Å². The maximum absolute atomic E-state index is 13.0. The Morgan fingerprint density at radius 2 is 2.05 bits per heavy atom. The Morgan fingerprint density at radius 3 is 2.55 bits per heavy atom. The molecule has 0 unspecified atom stereocenters. The first-order chi connectivity index (χ1) is 9.52. The van der Waals surface area contributed by atoms with Crippen LogP contribution in [0.3, 0.4) is 0 Å². The van der Waals surface area contributed by atoms with Gasteiger partial charge in [-0.05, 0) is 31.8 Å². The zero-order valence-corrected chi connectivity index (χ0v) is 11.7. The molecule has 20 heavy (non-hydrogen) atoms. The summed E-state index contributed by atoms with van der Waals surface area (Å²) in [7, 11) is 3.87. The normalized spacial score (nSPS) is 17.2.